The Hall–Kier alpha value is -1.99. The van der Waals surface area contributed by atoms with Gasteiger partial charge >= 0.3 is 5.97 Å². The molecule has 4 N–H and O–H groups in total. The number of hydrogen-bond donors (Lipinski definition) is 4. The highest BCUT2D eigenvalue weighted by Crippen LogP contribution is 2.36. The summed E-state index contributed by atoms with van der Waals surface area (Å²) in [7, 11) is 0. The van der Waals surface area contributed by atoms with E-state index in [0.717, 1.165) is 35.5 Å². The van der Waals surface area contributed by atoms with E-state index in [1.807, 2.05) is 44.4 Å². The van der Waals surface area contributed by atoms with E-state index < -0.39 is 66.8 Å². The van der Waals surface area contributed by atoms with E-state index in [2.05, 4.69) is 4.98 Å². The Morgan fingerprint density at radius 3 is 2.50 bits per heavy atom. The first-order chi connectivity index (χ1) is 19.8. The average molecular weight is 610 g/mol. The molecule has 0 radical (unpaired) electrons. The molecular weight excluding hydrogens is 562 g/mol. The molecule has 3 heterocycles. The van der Waals surface area contributed by atoms with Crippen LogP contribution >= 0.6 is 11.3 Å². The number of thiazole rings is 1. The summed E-state index contributed by atoms with van der Waals surface area (Å²) < 4.78 is 17.5. The zero-order chi connectivity index (χ0) is 31.2. The van der Waals surface area contributed by atoms with Crippen LogP contribution in [-0.4, -0.2) is 86.7 Å². The highest BCUT2D eigenvalue weighted by atomic mass is 32.1. The molecule has 0 spiro atoms. The Kier molecular flexibility index (Phi) is 12.4. The van der Waals surface area contributed by atoms with Crippen LogP contribution < -0.4 is 0 Å². The smallest absolute Gasteiger partial charge is 0.309 e. The number of aliphatic hydroxyl groups excluding tert-OH is 4. The summed E-state index contributed by atoms with van der Waals surface area (Å²) in [6.45, 7) is 10.1. The SMILES string of the molecule is C/C(=C\c1csc(C)n1)[C@@H]1C/C=C\CCC[C@H](C)[C@H](O)[C@@H](C)C(=O)C(C)(C)[C@@H](O[C@H]2O[C@H](CO)[C@@H](O)C2O)CC(=O)O1. The van der Waals surface area contributed by atoms with Crippen LogP contribution in [0.5, 0.6) is 0 Å². The first kappa shape index (κ1) is 34.5. The summed E-state index contributed by atoms with van der Waals surface area (Å²) in [5.74, 6) is -1.83. The lowest BCUT2D eigenvalue weighted by atomic mass is 9.72. The molecule has 2 aliphatic rings. The number of aliphatic hydroxyl groups is 4. The zero-order valence-electron chi connectivity index (χ0n) is 25.4. The van der Waals surface area contributed by atoms with Crippen LogP contribution in [0, 0.1) is 24.2 Å². The monoisotopic (exact) mass is 609 g/mol. The molecule has 9 atom stereocenters. The Bertz CT molecular complexity index is 1120. The fourth-order valence-electron chi connectivity index (χ4n) is 5.53. The summed E-state index contributed by atoms with van der Waals surface area (Å²) in [5.41, 5.74) is 0.266. The van der Waals surface area contributed by atoms with Crippen LogP contribution in [0.4, 0.5) is 0 Å². The van der Waals surface area contributed by atoms with E-state index in [9.17, 15) is 30.0 Å². The van der Waals surface area contributed by atoms with Crippen molar-refractivity contribution in [1.29, 1.82) is 0 Å². The van der Waals surface area contributed by atoms with Crippen molar-refractivity contribution >= 4 is 29.2 Å². The van der Waals surface area contributed by atoms with Crippen molar-refractivity contribution in [1.82, 2.24) is 4.98 Å². The standard InChI is InChI=1S/C31H47NO9S/c1-17-11-9-7-8-10-12-22(18(2)13-21-16-42-20(4)32-21)39-25(34)14-24(31(5,6)29(38)19(3)26(17)35)41-30-28(37)27(36)23(15-33)40-30/h8,10,13,16-17,19,22-24,26-28,30,33,35-37H,7,9,11-12,14-15H2,1-6H3/b10-8-,18-13+/t17-,19+,22-,23+,24-,26-,27+,28?,30+/m0/s1. The maximum atomic E-state index is 13.8. The maximum Gasteiger partial charge on any atom is 0.309 e. The molecule has 0 amide bonds. The molecule has 236 valence electrons. The molecule has 1 unspecified atom stereocenters. The maximum absolute atomic E-state index is 13.8. The molecule has 11 heteroatoms. The summed E-state index contributed by atoms with van der Waals surface area (Å²) in [6.07, 6.45) is 0.339. The van der Waals surface area contributed by atoms with Gasteiger partial charge in [0.25, 0.3) is 0 Å². The summed E-state index contributed by atoms with van der Waals surface area (Å²) in [6, 6.07) is 0. The predicted molar refractivity (Wildman–Crippen MR) is 158 cm³/mol. The number of ketones is 1. The van der Waals surface area contributed by atoms with Gasteiger partial charge in [-0.3, -0.25) is 9.59 Å². The van der Waals surface area contributed by atoms with Crippen LogP contribution in [0.25, 0.3) is 6.08 Å². The van der Waals surface area contributed by atoms with Crippen LogP contribution in [-0.2, 0) is 23.8 Å². The topological polar surface area (TPSA) is 156 Å². The Labute approximate surface area is 252 Å². The number of carbonyl (C=O) groups is 2. The first-order valence-electron chi connectivity index (χ1n) is 14.7. The van der Waals surface area contributed by atoms with Gasteiger partial charge in [-0.05, 0) is 50.7 Å². The summed E-state index contributed by atoms with van der Waals surface area (Å²) in [5, 5.41) is 44.2. The molecule has 3 rings (SSSR count). The fraction of sp³-hybridized carbons (Fsp3) is 0.710. The molecule has 0 aliphatic carbocycles. The van der Waals surface area contributed by atoms with Crippen molar-refractivity contribution in [3.8, 4) is 0 Å². The van der Waals surface area contributed by atoms with Gasteiger partial charge in [0, 0.05) is 17.7 Å². The first-order valence-corrected chi connectivity index (χ1v) is 15.6. The van der Waals surface area contributed by atoms with E-state index in [-0.39, 0.29) is 18.1 Å². The predicted octanol–water partition coefficient (Wildman–Crippen LogP) is 3.34. The number of aromatic nitrogens is 1. The summed E-state index contributed by atoms with van der Waals surface area (Å²) in [4.78, 5) is 31.8. The Morgan fingerprint density at radius 2 is 1.88 bits per heavy atom. The highest BCUT2D eigenvalue weighted by Gasteiger charge is 2.49. The third-order valence-electron chi connectivity index (χ3n) is 8.44. The van der Waals surface area contributed by atoms with Crippen LogP contribution in [0.15, 0.2) is 23.1 Å². The third-order valence-corrected chi connectivity index (χ3v) is 9.23. The van der Waals surface area contributed by atoms with Crippen LogP contribution in [0.3, 0.4) is 0 Å². The number of hydrogen-bond acceptors (Lipinski definition) is 11. The number of nitrogens with zero attached hydrogens (tertiary/aromatic N) is 1. The molecule has 0 aromatic carbocycles. The van der Waals surface area contributed by atoms with Crippen LogP contribution in [0.1, 0.15) is 77.4 Å². The van der Waals surface area contributed by atoms with Crippen molar-refractivity contribution in [3.05, 3.63) is 33.8 Å². The summed E-state index contributed by atoms with van der Waals surface area (Å²) >= 11 is 1.53. The van der Waals surface area contributed by atoms with E-state index in [0.29, 0.717) is 6.42 Å². The van der Waals surface area contributed by atoms with Crippen molar-refractivity contribution in [2.45, 2.75) is 117 Å². The lowest BCUT2D eigenvalue weighted by Gasteiger charge is -2.38. The minimum absolute atomic E-state index is 0.134. The van der Waals surface area contributed by atoms with Crippen LogP contribution in [0.2, 0.25) is 0 Å². The lowest BCUT2D eigenvalue weighted by molar-refractivity contribution is -0.218. The van der Waals surface area contributed by atoms with Crippen molar-refractivity contribution in [3.63, 3.8) is 0 Å². The fourth-order valence-corrected chi connectivity index (χ4v) is 6.10. The highest BCUT2D eigenvalue weighted by molar-refractivity contribution is 7.09. The largest absolute Gasteiger partial charge is 0.457 e. The van der Waals surface area contributed by atoms with Gasteiger partial charge in [-0.2, -0.15) is 0 Å². The second-order valence-electron chi connectivity index (χ2n) is 12.2. The van der Waals surface area contributed by atoms with Crippen molar-refractivity contribution < 1.29 is 44.2 Å². The number of ether oxygens (including phenoxy) is 3. The normalized spacial score (nSPS) is 36.5. The number of Topliss-reactive ketones (excluding diaryl/α,β-unsaturated/α-hetero) is 1. The number of esters is 1. The van der Waals surface area contributed by atoms with Gasteiger partial charge in [0.05, 0.1) is 41.4 Å². The quantitative estimate of drug-likeness (QED) is 0.289. The van der Waals surface area contributed by atoms with E-state index >= 15 is 0 Å². The van der Waals surface area contributed by atoms with Gasteiger partial charge in [-0.1, -0.05) is 39.8 Å². The molecule has 1 aromatic heterocycles. The van der Waals surface area contributed by atoms with Gasteiger partial charge in [0.15, 0.2) is 6.29 Å². The molecule has 1 aromatic rings. The minimum Gasteiger partial charge on any atom is -0.457 e. The molecule has 1 saturated heterocycles. The van der Waals surface area contributed by atoms with Gasteiger partial charge in [-0.25, -0.2) is 4.98 Å². The second-order valence-corrected chi connectivity index (χ2v) is 13.2. The lowest BCUT2D eigenvalue weighted by Crippen LogP contribution is -2.49. The molecular formula is C31H47NO9S. The van der Waals surface area contributed by atoms with Crippen molar-refractivity contribution in [2.75, 3.05) is 6.61 Å². The Balaban J connectivity index is 1.94. The van der Waals surface area contributed by atoms with Gasteiger partial charge in [0.2, 0.25) is 0 Å². The van der Waals surface area contributed by atoms with E-state index in [4.69, 9.17) is 14.2 Å². The third kappa shape index (κ3) is 8.56. The molecule has 42 heavy (non-hydrogen) atoms. The molecule has 2 aliphatic heterocycles. The van der Waals surface area contributed by atoms with Gasteiger partial charge in [0.1, 0.15) is 30.2 Å². The van der Waals surface area contributed by atoms with E-state index in [1.165, 1.54) is 11.3 Å². The van der Waals surface area contributed by atoms with Gasteiger partial charge in [-0.15, -0.1) is 11.3 Å². The second kappa shape index (κ2) is 15.1. The van der Waals surface area contributed by atoms with Gasteiger partial charge < -0.3 is 34.6 Å². The number of cyclic esters (lactones) is 1. The number of carbonyl (C=O) groups excluding carboxylic acids is 2. The average Bonchev–Trinajstić information content (AvgIpc) is 3.48. The number of aryl methyl sites for hydroxylation is 1. The number of allylic oxidation sites excluding steroid dienone is 1. The minimum atomic E-state index is -1.50. The molecule has 10 nitrogen and oxygen atoms in total. The van der Waals surface area contributed by atoms with Crippen molar-refractivity contribution in [2.24, 2.45) is 17.3 Å². The molecule has 0 saturated carbocycles. The zero-order valence-corrected chi connectivity index (χ0v) is 26.3. The number of rotatable bonds is 5. The van der Waals surface area contributed by atoms with E-state index in [1.54, 1.807) is 20.8 Å². The Morgan fingerprint density at radius 1 is 1.17 bits per heavy atom. The molecule has 0 bridgehead atoms. The molecule has 1 fully saturated rings.